The van der Waals surface area contributed by atoms with Crippen molar-refractivity contribution in [3.05, 3.63) is 93.8 Å². The van der Waals surface area contributed by atoms with E-state index in [-0.39, 0.29) is 24.7 Å². The first-order chi connectivity index (χ1) is 15.5. The highest BCUT2D eigenvalue weighted by molar-refractivity contribution is 5.99. The van der Waals surface area contributed by atoms with Gasteiger partial charge in [-0.05, 0) is 53.6 Å². The first-order valence-electron chi connectivity index (χ1n) is 9.61. The van der Waals surface area contributed by atoms with E-state index in [1.165, 1.54) is 24.3 Å². The molecule has 0 radical (unpaired) electrons. The number of ether oxygens (including phenoxy) is 1. The third-order valence-electron chi connectivity index (χ3n) is 4.69. The standard InChI is InChI=1S/C22H18FN5O4/c23-16-5-1-14(2-6-16)12-24-22(29)25-21-19-11-18(9-10-20(19)26-27-21)32-13-15-3-7-17(8-4-15)28(30)31/h1-11H,12-13H2,(H3,24,25,26,27,29). The lowest BCUT2D eigenvalue weighted by atomic mass is 10.2. The average molecular weight is 435 g/mol. The number of non-ortho nitro benzene ring substituents is 1. The van der Waals surface area contributed by atoms with Crippen LogP contribution >= 0.6 is 0 Å². The lowest BCUT2D eigenvalue weighted by Gasteiger charge is -2.08. The van der Waals surface area contributed by atoms with Crippen molar-refractivity contribution in [2.24, 2.45) is 0 Å². The molecule has 3 N–H and O–H groups in total. The minimum atomic E-state index is -0.458. The number of H-pyrrole nitrogens is 1. The number of urea groups is 1. The molecule has 2 amide bonds. The lowest BCUT2D eigenvalue weighted by molar-refractivity contribution is -0.384. The molecule has 0 unspecified atom stereocenters. The van der Waals surface area contributed by atoms with Crippen molar-refractivity contribution in [3.8, 4) is 5.75 Å². The van der Waals surface area contributed by atoms with Gasteiger partial charge in [0.25, 0.3) is 5.69 Å². The molecule has 0 aliphatic rings. The molecule has 0 aliphatic heterocycles. The number of amides is 2. The fraction of sp³-hybridized carbons (Fsp3) is 0.0909. The summed E-state index contributed by atoms with van der Waals surface area (Å²) in [6.07, 6.45) is 0. The predicted molar refractivity (Wildman–Crippen MR) is 116 cm³/mol. The van der Waals surface area contributed by atoms with Gasteiger partial charge in [0.15, 0.2) is 5.82 Å². The number of hydrogen-bond donors (Lipinski definition) is 3. The molecule has 162 valence electrons. The van der Waals surface area contributed by atoms with E-state index in [2.05, 4.69) is 20.8 Å². The second-order valence-corrected chi connectivity index (χ2v) is 6.93. The second-order valence-electron chi connectivity index (χ2n) is 6.93. The molecule has 0 saturated heterocycles. The molecule has 3 aromatic carbocycles. The van der Waals surface area contributed by atoms with Crippen LogP contribution in [0.4, 0.5) is 20.7 Å². The molecule has 0 fully saturated rings. The molecular weight excluding hydrogens is 417 g/mol. The average Bonchev–Trinajstić information content (AvgIpc) is 3.19. The number of halogens is 1. The van der Waals surface area contributed by atoms with Crippen LogP contribution < -0.4 is 15.4 Å². The van der Waals surface area contributed by atoms with E-state index in [0.29, 0.717) is 22.5 Å². The zero-order chi connectivity index (χ0) is 22.5. The van der Waals surface area contributed by atoms with Crippen molar-refractivity contribution in [2.45, 2.75) is 13.2 Å². The highest BCUT2D eigenvalue weighted by Gasteiger charge is 2.11. The molecule has 0 aliphatic carbocycles. The SMILES string of the molecule is O=C(NCc1ccc(F)cc1)Nc1n[nH]c2ccc(OCc3ccc([N+](=O)[O-])cc3)cc12. The third-order valence-corrected chi connectivity index (χ3v) is 4.69. The normalized spacial score (nSPS) is 10.7. The fourth-order valence-corrected chi connectivity index (χ4v) is 3.00. The van der Waals surface area contributed by atoms with Crippen molar-refractivity contribution in [3.63, 3.8) is 0 Å². The smallest absolute Gasteiger partial charge is 0.320 e. The van der Waals surface area contributed by atoms with Crippen molar-refractivity contribution < 1.29 is 18.8 Å². The number of rotatable bonds is 7. The van der Waals surface area contributed by atoms with Crippen molar-refractivity contribution in [2.75, 3.05) is 5.32 Å². The van der Waals surface area contributed by atoms with Gasteiger partial charge in [0.1, 0.15) is 18.2 Å². The van der Waals surface area contributed by atoms with E-state index in [9.17, 15) is 19.3 Å². The van der Waals surface area contributed by atoms with E-state index in [4.69, 9.17) is 4.74 Å². The van der Waals surface area contributed by atoms with Gasteiger partial charge in [-0.25, -0.2) is 9.18 Å². The van der Waals surface area contributed by atoms with E-state index in [1.54, 1.807) is 42.5 Å². The lowest BCUT2D eigenvalue weighted by Crippen LogP contribution is -2.28. The molecule has 1 aromatic heterocycles. The maximum atomic E-state index is 13.0. The zero-order valence-electron chi connectivity index (χ0n) is 16.7. The summed E-state index contributed by atoms with van der Waals surface area (Å²) < 4.78 is 18.7. The third kappa shape index (κ3) is 4.98. The van der Waals surface area contributed by atoms with E-state index in [0.717, 1.165) is 11.1 Å². The first-order valence-corrected chi connectivity index (χ1v) is 9.61. The van der Waals surface area contributed by atoms with Crippen molar-refractivity contribution >= 4 is 28.4 Å². The largest absolute Gasteiger partial charge is 0.489 e. The van der Waals surface area contributed by atoms with E-state index >= 15 is 0 Å². The molecular formula is C22H18FN5O4. The number of carbonyl (C=O) groups excluding carboxylic acids is 1. The number of nitro groups is 1. The fourth-order valence-electron chi connectivity index (χ4n) is 3.00. The number of aromatic amines is 1. The van der Waals surface area contributed by atoms with Gasteiger partial charge >= 0.3 is 6.03 Å². The summed E-state index contributed by atoms with van der Waals surface area (Å²) in [5, 5.41) is 23.7. The van der Waals surface area contributed by atoms with Crippen LogP contribution in [0.1, 0.15) is 11.1 Å². The Morgan fingerprint density at radius 2 is 1.78 bits per heavy atom. The summed E-state index contributed by atoms with van der Waals surface area (Å²) in [7, 11) is 0. The number of hydrogen-bond acceptors (Lipinski definition) is 5. The van der Waals surface area contributed by atoms with Crippen LogP contribution in [0.25, 0.3) is 10.9 Å². The molecule has 0 spiro atoms. The van der Waals surface area contributed by atoms with Gasteiger partial charge in [0.2, 0.25) is 0 Å². The summed E-state index contributed by atoms with van der Waals surface area (Å²) in [5.74, 6) is 0.539. The Hall–Kier alpha value is -4.47. The summed E-state index contributed by atoms with van der Waals surface area (Å²) in [4.78, 5) is 22.5. The number of nitro benzene ring substituents is 1. The van der Waals surface area contributed by atoms with Gasteiger partial charge < -0.3 is 10.1 Å². The van der Waals surface area contributed by atoms with Gasteiger partial charge in [-0.3, -0.25) is 20.5 Å². The van der Waals surface area contributed by atoms with Crippen molar-refractivity contribution in [1.82, 2.24) is 15.5 Å². The number of carbonyl (C=O) groups is 1. The molecule has 10 heteroatoms. The molecule has 4 aromatic rings. The quantitative estimate of drug-likeness (QED) is 0.291. The molecule has 0 atom stereocenters. The van der Waals surface area contributed by atoms with Crippen molar-refractivity contribution in [1.29, 1.82) is 0 Å². The van der Waals surface area contributed by atoms with Gasteiger partial charge in [-0.2, -0.15) is 5.10 Å². The minimum Gasteiger partial charge on any atom is -0.489 e. The van der Waals surface area contributed by atoms with Gasteiger partial charge in [0, 0.05) is 24.1 Å². The monoisotopic (exact) mass is 435 g/mol. The summed E-state index contributed by atoms with van der Waals surface area (Å²) in [6, 6.07) is 16.7. The maximum Gasteiger partial charge on any atom is 0.320 e. The Kier molecular flexibility index (Phi) is 5.93. The number of aromatic nitrogens is 2. The Morgan fingerprint density at radius 1 is 1.06 bits per heavy atom. The minimum absolute atomic E-state index is 0.0157. The van der Waals surface area contributed by atoms with Crippen LogP contribution in [-0.2, 0) is 13.2 Å². The maximum absolute atomic E-state index is 13.0. The molecule has 1 heterocycles. The van der Waals surface area contributed by atoms with Crippen LogP contribution in [0.15, 0.2) is 66.7 Å². The number of fused-ring (bicyclic) bond motifs is 1. The Morgan fingerprint density at radius 3 is 2.50 bits per heavy atom. The predicted octanol–water partition coefficient (Wildman–Crippen LogP) is 4.51. The topological polar surface area (TPSA) is 122 Å². The number of nitrogens with one attached hydrogen (secondary N) is 3. The number of benzene rings is 3. The summed E-state index contributed by atoms with van der Waals surface area (Å²) >= 11 is 0. The molecule has 0 bridgehead atoms. The molecule has 0 saturated carbocycles. The van der Waals surface area contributed by atoms with Crippen LogP contribution in [0, 0.1) is 15.9 Å². The number of nitrogens with zero attached hydrogens (tertiary/aromatic N) is 2. The van der Waals surface area contributed by atoms with Crippen LogP contribution in [-0.4, -0.2) is 21.2 Å². The Balaban J connectivity index is 1.38. The number of anilines is 1. The summed E-state index contributed by atoms with van der Waals surface area (Å²) in [6.45, 7) is 0.459. The van der Waals surface area contributed by atoms with Gasteiger partial charge in [0.05, 0.1) is 10.4 Å². The molecule has 9 nitrogen and oxygen atoms in total. The molecule has 32 heavy (non-hydrogen) atoms. The summed E-state index contributed by atoms with van der Waals surface area (Å²) in [5.41, 5.74) is 2.26. The highest BCUT2D eigenvalue weighted by Crippen LogP contribution is 2.26. The zero-order valence-corrected chi connectivity index (χ0v) is 16.7. The first kappa shape index (κ1) is 20.8. The van der Waals surface area contributed by atoms with Crippen LogP contribution in [0.2, 0.25) is 0 Å². The van der Waals surface area contributed by atoms with Gasteiger partial charge in [-0.15, -0.1) is 0 Å². The van der Waals surface area contributed by atoms with E-state index in [1.807, 2.05) is 0 Å². The second kappa shape index (κ2) is 9.13. The molecule has 4 rings (SSSR count). The van der Waals surface area contributed by atoms with Crippen LogP contribution in [0.3, 0.4) is 0 Å². The van der Waals surface area contributed by atoms with Crippen LogP contribution in [0.5, 0.6) is 5.75 Å². The Bertz CT molecular complexity index is 1260. The Labute approximate surface area is 181 Å². The highest BCUT2D eigenvalue weighted by atomic mass is 19.1. The van der Waals surface area contributed by atoms with E-state index < -0.39 is 11.0 Å². The van der Waals surface area contributed by atoms with Gasteiger partial charge in [-0.1, -0.05) is 12.1 Å².